The first-order valence-corrected chi connectivity index (χ1v) is 7.18. The molecule has 0 saturated carbocycles. The van der Waals surface area contributed by atoms with Gasteiger partial charge in [0.05, 0.1) is 11.1 Å². The summed E-state index contributed by atoms with van der Waals surface area (Å²) < 4.78 is 19.6. The molecule has 20 heavy (non-hydrogen) atoms. The van der Waals surface area contributed by atoms with E-state index in [1.165, 1.54) is 12.1 Å². The molecule has 2 rings (SSSR count). The summed E-state index contributed by atoms with van der Waals surface area (Å²) in [6, 6.07) is 9.92. The molecule has 4 heteroatoms. The van der Waals surface area contributed by atoms with Crippen LogP contribution in [0.15, 0.2) is 40.9 Å². The molecule has 0 fully saturated rings. The summed E-state index contributed by atoms with van der Waals surface area (Å²) in [6.45, 7) is 4.28. The van der Waals surface area contributed by atoms with Gasteiger partial charge in [0.1, 0.15) is 17.7 Å². The molecule has 1 atom stereocenters. The average Bonchev–Trinajstić information content (AvgIpc) is 2.39. The second-order valence-corrected chi connectivity index (χ2v) is 5.44. The minimum Gasteiger partial charge on any atom is -0.493 e. The molecule has 1 N–H and O–H groups in total. The van der Waals surface area contributed by atoms with Gasteiger partial charge in [-0.15, -0.1) is 0 Å². The summed E-state index contributed by atoms with van der Waals surface area (Å²) in [7, 11) is 0. The third-order valence-electron chi connectivity index (χ3n) is 2.95. The zero-order valence-corrected chi connectivity index (χ0v) is 12.9. The highest BCUT2D eigenvalue weighted by Gasteiger charge is 2.14. The summed E-state index contributed by atoms with van der Waals surface area (Å²) in [4.78, 5) is 0. The minimum absolute atomic E-state index is 0.343. The lowest BCUT2D eigenvalue weighted by atomic mass is 10.00. The van der Waals surface area contributed by atoms with E-state index in [2.05, 4.69) is 15.9 Å². The predicted octanol–water partition coefficient (Wildman–Crippen LogP) is 4.38. The van der Waals surface area contributed by atoms with E-state index in [4.69, 9.17) is 4.74 Å². The van der Waals surface area contributed by atoms with Crippen molar-refractivity contribution < 1.29 is 14.2 Å². The lowest BCUT2D eigenvalue weighted by molar-refractivity contribution is 0.219. The zero-order valence-electron chi connectivity index (χ0n) is 11.4. The van der Waals surface area contributed by atoms with E-state index in [0.717, 1.165) is 15.8 Å². The van der Waals surface area contributed by atoms with Gasteiger partial charge in [-0.2, -0.15) is 0 Å². The minimum atomic E-state index is -0.864. The Balaban J connectivity index is 2.33. The maximum atomic E-state index is 13.4. The quantitative estimate of drug-likeness (QED) is 0.896. The van der Waals surface area contributed by atoms with Crippen LogP contribution in [-0.2, 0) is 0 Å². The largest absolute Gasteiger partial charge is 0.493 e. The highest BCUT2D eigenvalue weighted by Crippen LogP contribution is 2.31. The Kier molecular flexibility index (Phi) is 4.78. The van der Waals surface area contributed by atoms with Crippen molar-refractivity contribution in [3.63, 3.8) is 0 Å². The molecule has 0 spiro atoms. The Morgan fingerprint density at radius 3 is 2.55 bits per heavy atom. The summed E-state index contributed by atoms with van der Waals surface area (Å²) in [5, 5.41) is 10.4. The molecule has 0 aliphatic rings. The van der Waals surface area contributed by atoms with Crippen LogP contribution in [0.4, 0.5) is 4.39 Å². The number of aliphatic hydroxyl groups excluding tert-OH is 1. The Bertz CT molecular complexity index is 593. The third-order valence-corrected chi connectivity index (χ3v) is 3.57. The smallest absolute Gasteiger partial charge is 0.133 e. The molecule has 0 radical (unpaired) electrons. The van der Waals surface area contributed by atoms with E-state index in [9.17, 15) is 9.50 Å². The van der Waals surface area contributed by atoms with Gasteiger partial charge < -0.3 is 9.84 Å². The summed E-state index contributed by atoms with van der Waals surface area (Å²) in [5.74, 6) is 0.378. The molecule has 0 amide bonds. The maximum absolute atomic E-state index is 13.4. The van der Waals surface area contributed by atoms with Gasteiger partial charge in [0.25, 0.3) is 0 Å². The first-order valence-electron chi connectivity index (χ1n) is 6.38. The molecule has 0 aliphatic carbocycles. The number of hydrogen-bond acceptors (Lipinski definition) is 2. The van der Waals surface area contributed by atoms with E-state index >= 15 is 0 Å². The zero-order chi connectivity index (χ0) is 14.7. The molecule has 1 unspecified atom stereocenters. The van der Waals surface area contributed by atoms with Crippen LogP contribution < -0.4 is 4.74 Å². The van der Waals surface area contributed by atoms with Crippen molar-refractivity contribution in [3.05, 3.63) is 63.4 Å². The number of rotatable bonds is 4. The second-order valence-electron chi connectivity index (χ2n) is 4.59. The van der Waals surface area contributed by atoms with Gasteiger partial charge >= 0.3 is 0 Å². The van der Waals surface area contributed by atoms with E-state index in [-0.39, 0.29) is 5.82 Å². The summed E-state index contributed by atoms with van der Waals surface area (Å²) >= 11 is 3.41. The Hall–Kier alpha value is -1.39. The van der Waals surface area contributed by atoms with Gasteiger partial charge in [0, 0.05) is 0 Å². The van der Waals surface area contributed by atoms with Gasteiger partial charge in [-0.05, 0) is 70.7 Å². The van der Waals surface area contributed by atoms with Gasteiger partial charge in [-0.1, -0.05) is 12.1 Å². The van der Waals surface area contributed by atoms with Crippen LogP contribution in [0.3, 0.4) is 0 Å². The SMILES string of the molecule is CCOc1ccc(C(O)c2cc(C)cc(F)c2)cc1Br. The fourth-order valence-corrected chi connectivity index (χ4v) is 2.59. The van der Waals surface area contributed by atoms with Gasteiger partial charge in [0.15, 0.2) is 0 Å². The van der Waals surface area contributed by atoms with Gasteiger partial charge in [-0.3, -0.25) is 0 Å². The van der Waals surface area contributed by atoms with Crippen LogP contribution in [0, 0.1) is 12.7 Å². The number of ether oxygens (including phenoxy) is 1. The lowest BCUT2D eigenvalue weighted by Gasteiger charge is -2.14. The first-order chi connectivity index (χ1) is 9.51. The fourth-order valence-electron chi connectivity index (χ4n) is 2.07. The van der Waals surface area contributed by atoms with E-state index < -0.39 is 6.10 Å². The molecule has 2 aromatic rings. The standard InChI is InChI=1S/C16H16BrFO2/c1-3-20-15-5-4-11(9-14(15)17)16(19)12-6-10(2)7-13(18)8-12/h4-9,16,19H,3H2,1-2H3. The van der Waals surface area contributed by atoms with Crippen LogP contribution in [0.1, 0.15) is 29.7 Å². The number of aryl methyl sites for hydroxylation is 1. The summed E-state index contributed by atoms with van der Waals surface area (Å²) in [5.41, 5.74) is 2.01. The molecule has 0 bridgehead atoms. The number of benzene rings is 2. The Labute approximate surface area is 126 Å². The van der Waals surface area contributed by atoms with Crippen molar-refractivity contribution >= 4 is 15.9 Å². The van der Waals surface area contributed by atoms with E-state index in [0.29, 0.717) is 17.7 Å². The molecule has 2 aromatic carbocycles. The van der Waals surface area contributed by atoms with Gasteiger partial charge in [-0.25, -0.2) is 4.39 Å². The molecule has 0 aromatic heterocycles. The van der Waals surface area contributed by atoms with Crippen molar-refractivity contribution in [3.8, 4) is 5.75 Å². The second kappa shape index (κ2) is 6.37. The van der Waals surface area contributed by atoms with Crippen molar-refractivity contribution in [2.24, 2.45) is 0 Å². The van der Waals surface area contributed by atoms with Crippen LogP contribution in [-0.4, -0.2) is 11.7 Å². The van der Waals surface area contributed by atoms with E-state index in [1.54, 1.807) is 31.2 Å². The molecule has 0 heterocycles. The lowest BCUT2D eigenvalue weighted by Crippen LogP contribution is -2.02. The molecular formula is C16H16BrFO2. The molecule has 0 saturated heterocycles. The normalized spacial score (nSPS) is 12.2. The molecule has 2 nitrogen and oxygen atoms in total. The maximum Gasteiger partial charge on any atom is 0.133 e. The van der Waals surface area contributed by atoms with E-state index in [1.807, 2.05) is 6.92 Å². The van der Waals surface area contributed by atoms with Crippen LogP contribution in [0.5, 0.6) is 5.75 Å². The van der Waals surface area contributed by atoms with Crippen molar-refractivity contribution in [1.29, 1.82) is 0 Å². The summed E-state index contributed by atoms with van der Waals surface area (Å²) in [6.07, 6.45) is -0.864. The van der Waals surface area contributed by atoms with Crippen LogP contribution in [0.25, 0.3) is 0 Å². The third kappa shape index (κ3) is 3.38. The average molecular weight is 339 g/mol. The monoisotopic (exact) mass is 338 g/mol. The highest BCUT2D eigenvalue weighted by molar-refractivity contribution is 9.10. The van der Waals surface area contributed by atoms with Crippen molar-refractivity contribution in [2.45, 2.75) is 20.0 Å². The Morgan fingerprint density at radius 1 is 1.20 bits per heavy atom. The molecular weight excluding hydrogens is 323 g/mol. The van der Waals surface area contributed by atoms with Crippen LogP contribution in [0.2, 0.25) is 0 Å². The Morgan fingerprint density at radius 2 is 1.95 bits per heavy atom. The first kappa shape index (κ1) is 15.0. The van der Waals surface area contributed by atoms with Crippen LogP contribution >= 0.6 is 15.9 Å². The number of aliphatic hydroxyl groups is 1. The van der Waals surface area contributed by atoms with Gasteiger partial charge in [0.2, 0.25) is 0 Å². The fraction of sp³-hybridized carbons (Fsp3) is 0.250. The molecule has 106 valence electrons. The predicted molar refractivity (Wildman–Crippen MR) is 80.5 cm³/mol. The number of halogens is 2. The van der Waals surface area contributed by atoms with Crippen molar-refractivity contribution in [2.75, 3.05) is 6.61 Å². The van der Waals surface area contributed by atoms with Crippen molar-refractivity contribution in [1.82, 2.24) is 0 Å². The topological polar surface area (TPSA) is 29.5 Å². The molecule has 0 aliphatic heterocycles. The number of hydrogen-bond donors (Lipinski definition) is 1. The highest BCUT2D eigenvalue weighted by atomic mass is 79.9.